The Balaban J connectivity index is 2.43. The van der Waals surface area contributed by atoms with Gasteiger partial charge in [0.15, 0.2) is 0 Å². The quantitative estimate of drug-likeness (QED) is 0.482. The fraction of sp³-hybridized carbons (Fsp3) is 0.0833. The lowest BCUT2D eigenvalue weighted by Crippen LogP contribution is -2.29. The van der Waals surface area contributed by atoms with E-state index in [1.54, 1.807) is 24.5 Å². The van der Waals surface area contributed by atoms with Crippen LogP contribution in [-0.2, 0) is 4.79 Å². The van der Waals surface area contributed by atoms with E-state index in [1.165, 1.54) is 6.92 Å². The molecule has 0 bridgehead atoms. The lowest BCUT2D eigenvalue weighted by molar-refractivity contribution is -0.124. The number of hydrogen-bond acceptors (Lipinski definition) is 4. The molecule has 0 aliphatic heterocycles. The zero-order valence-electron chi connectivity index (χ0n) is 9.21. The number of benzene rings is 1. The van der Waals surface area contributed by atoms with Gasteiger partial charge in [0, 0.05) is 18.5 Å². The second-order valence-electron chi connectivity index (χ2n) is 3.44. The minimum Gasteiger partial charge on any atom is -0.282 e. The predicted molar refractivity (Wildman–Crippen MR) is 63.5 cm³/mol. The van der Waals surface area contributed by atoms with Crippen LogP contribution in [0.1, 0.15) is 6.92 Å². The lowest BCUT2D eigenvalue weighted by atomic mass is 10.2. The summed E-state index contributed by atoms with van der Waals surface area (Å²) in [6.45, 7) is 1.32. The third kappa shape index (κ3) is 2.16. The Labute approximate surface area is 98.3 Å². The fourth-order valence-electron chi connectivity index (χ4n) is 1.50. The number of nitrogens with zero attached hydrogens (tertiary/aromatic N) is 3. The molecule has 0 aliphatic rings. The smallest absolute Gasteiger partial charge is 0.251 e. The van der Waals surface area contributed by atoms with E-state index in [4.69, 9.17) is 5.26 Å². The molecule has 84 valence electrons. The number of hydrogen-bond donors (Lipinski definition) is 1. The zero-order valence-corrected chi connectivity index (χ0v) is 9.21. The number of aromatic nitrogens is 1. The topological polar surface area (TPSA) is 69.0 Å². The Kier molecular flexibility index (Phi) is 2.88. The zero-order chi connectivity index (χ0) is 12.3. The van der Waals surface area contributed by atoms with Crippen molar-refractivity contribution >= 4 is 22.5 Å². The second-order valence-corrected chi connectivity index (χ2v) is 3.44. The van der Waals surface area contributed by atoms with Crippen molar-refractivity contribution < 1.29 is 4.79 Å². The lowest BCUT2D eigenvalue weighted by Gasteiger charge is -2.15. The Morgan fingerprint density at radius 1 is 1.41 bits per heavy atom. The van der Waals surface area contributed by atoms with Crippen molar-refractivity contribution in [1.29, 1.82) is 5.26 Å². The minimum absolute atomic E-state index is 0.367. The monoisotopic (exact) mass is 226 g/mol. The molecule has 0 unspecified atom stereocenters. The van der Waals surface area contributed by atoms with E-state index in [0.29, 0.717) is 5.69 Å². The van der Waals surface area contributed by atoms with Crippen LogP contribution < -0.4 is 5.43 Å². The number of carbonyl (C=O) groups excluding carboxylic acids is 1. The van der Waals surface area contributed by atoms with Gasteiger partial charge in [-0.25, -0.2) is 0 Å². The Morgan fingerprint density at radius 3 is 2.94 bits per heavy atom. The summed E-state index contributed by atoms with van der Waals surface area (Å²) in [5.41, 5.74) is 4.23. The predicted octanol–water partition coefficient (Wildman–Crippen LogP) is 1.89. The minimum atomic E-state index is -0.367. The highest BCUT2D eigenvalue weighted by atomic mass is 16.2. The molecule has 0 radical (unpaired) electrons. The Hall–Kier alpha value is -2.61. The van der Waals surface area contributed by atoms with Gasteiger partial charge in [-0.15, -0.1) is 0 Å². The van der Waals surface area contributed by atoms with Gasteiger partial charge in [0.05, 0.1) is 11.2 Å². The van der Waals surface area contributed by atoms with E-state index in [2.05, 4.69) is 10.4 Å². The molecular weight excluding hydrogens is 216 g/mol. The van der Waals surface area contributed by atoms with Crippen molar-refractivity contribution in [3.05, 3.63) is 36.5 Å². The SMILES string of the molecule is CC(=O)N(C#N)Nc1cccc2ncccc12. The van der Waals surface area contributed by atoms with Crippen LogP contribution in [-0.4, -0.2) is 15.9 Å². The maximum Gasteiger partial charge on any atom is 0.251 e. The second kappa shape index (κ2) is 4.49. The van der Waals surface area contributed by atoms with Crippen molar-refractivity contribution in [1.82, 2.24) is 9.99 Å². The van der Waals surface area contributed by atoms with Crippen molar-refractivity contribution in [2.45, 2.75) is 6.92 Å². The van der Waals surface area contributed by atoms with E-state index in [1.807, 2.05) is 18.2 Å². The van der Waals surface area contributed by atoms with Crippen molar-refractivity contribution in [2.75, 3.05) is 5.43 Å². The van der Waals surface area contributed by atoms with Crippen LogP contribution in [0.4, 0.5) is 5.69 Å². The van der Waals surface area contributed by atoms with Gasteiger partial charge in [-0.2, -0.15) is 10.3 Å². The number of hydrazine groups is 1. The normalized spacial score (nSPS) is 9.65. The highest BCUT2D eigenvalue weighted by molar-refractivity contribution is 5.92. The molecule has 0 aliphatic carbocycles. The van der Waals surface area contributed by atoms with E-state index >= 15 is 0 Å². The van der Waals surface area contributed by atoms with E-state index in [-0.39, 0.29) is 5.91 Å². The third-order valence-electron chi connectivity index (χ3n) is 2.29. The van der Waals surface area contributed by atoms with Crippen molar-refractivity contribution in [3.63, 3.8) is 0 Å². The van der Waals surface area contributed by atoms with Gasteiger partial charge >= 0.3 is 0 Å². The van der Waals surface area contributed by atoms with Gasteiger partial charge in [-0.05, 0) is 24.3 Å². The Bertz CT molecular complexity index is 597. The molecule has 1 aromatic carbocycles. The van der Waals surface area contributed by atoms with Gasteiger partial charge < -0.3 is 0 Å². The number of fused-ring (bicyclic) bond motifs is 1. The van der Waals surface area contributed by atoms with Crippen LogP contribution >= 0.6 is 0 Å². The van der Waals surface area contributed by atoms with Crippen molar-refractivity contribution in [2.24, 2.45) is 0 Å². The Morgan fingerprint density at radius 2 is 2.24 bits per heavy atom. The van der Waals surface area contributed by atoms with Gasteiger partial charge in [0.1, 0.15) is 0 Å². The molecule has 1 aromatic heterocycles. The molecule has 1 amide bonds. The standard InChI is InChI=1S/C12H10N4O/c1-9(17)16(8-13)15-12-6-2-5-11-10(12)4-3-7-14-11/h2-7,15H,1H3. The summed E-state index contributed by atoms with van der Waals surface area (Å²) in [5, 5.41) is 10.5. The maximum atomic E-state index is 11.1. The number of anilines is 1. The molecule has 2 rings (SSSR count). The first kappa shape index (κ1) is 10.9. The number of amides is 1. The highest BCUT2D eigenvalue weighted by Crippen LogP contribution is 2.21. The molecule has 5 heteroatoms. The molecule has 1 heterocycles. The van der Waals surface area contributed by atoms with Crippen molar-refractivity contribution in [3.8, 4) is 6.19 Å². The summed E-state index contributed by atoms with van der Waals surface area (Å²) >= 11 is 0. The molecule has 2 aromatic rings. The molecule has 1 N–H and O–H groups in total. The molecule has 0 fully saturated rings. The van der Waals surface area contributed by atoms with Gasteiger partial charge in [0.25, 0.3) is 5.91 Å². The number of rotatable bonds is 2. The molecular formula is C12H10N4O. The van der Waals surface area contributed by atoms with Gasteiger partial charge in [0.2, 0.25) is 6.19 Å². The van der Waals surface area contributed by atoms with Crippen LogP contribution in [0, 0.1) is 11.5 Å². The van der Waals surface area contributed by atoms with Crippen LogP contribution in [0.25, 0.3) is 10.9 Å². The number of carbonyl (C=O) groups is 1. The van der Waals surface area contributed by atoms with E-state index in [9.17, 15) is 4.79 Å². The van der Waals surface area contributed by atoms with Gasteiger partial charge in [-0.3, -0.25) is 15.2 Å². The van der Waals surface area contributed by atoms with Gasteiger partial charge in [-0.1, -0.05) is 6.07 Å². The summed E-state index contributed by atoms with van der Waals surface area (Å²) < 4.78 is 0. The van der Waals surface area contributed by atoms with E-state index in [0.717, 1.165) is 15.9 Å². The third-order valence-corrected chi connectivity index (χ3v) is 2.29. The molecule has 0 saturated heterocycles. The average molecular weight is 226 g/mol. The maximum absolute atomic E-state index is 11.1. The molecule has 17 heavy (non-hydrogen) atoms. The molecule has 0 spiro atoms. The molecule has 5 nitrogen and oxygen atoms in total. The first-order valence-electron chi connectivity index (χ1n) is 5.03. The first-order chi connectivity index (χ1) is 8.22. The van der Waals surface area contributed by atoms with Crippen LogP contribution in [0.5, 0.6) is 0 Å². The summed E-state index contributed by atoms with van der Waals surface area (Å²) in [6.07, 6.45) is 3.46. The van der Waals surface area contributed by atoms with E-state index < -0.39 is 0 Å². The number of nitriles is 1. The highest BCUT2D eigenvalue weighted by Gasteiger charge is 2.09. The fourth-order valence-corrected chi connectivity index (χ4v) is 1.50. The summed E-state index contributed by atoms with van der Waals surface area (Å²) in [7, 11) is 0. The number of nitrogens with one attached hydrogen (secondary N) is 1. The summed E-state index contributed by atoms with van der Waals surface area (Å²) in [4.78, 5) is 15.3. The number of pyridine rings is 1. The summed E-state index contributed by atoms with van der Waals surface area (Å²) in [6, 6.07) is 9.15. The average Bonchev–Trinajstić information content (AvgIpc) is 2.35. The largest absolute Gasteiger partial charge is 0.282 e. The van der Waals surface area contributed by atoms with Crippen LogP contribution in [0.15, 0.2) is 36.5 Å². The van der Waals surface area contributed by atoms with Crippen LogP contribution in [0.2, 0.25) is 0 Å². The first-order valence-corrected chi connectivity index (χ1v) is 5.03. The molecule has 0 atom stereocenters. The summed E-state index contributed by atoms with van der Waals surface area (Å²) in [5.74, 6) is -0.367. The molecule has 0 saturated carbocycles. The van der Waals surface area contributed by atoms with Crippen LogP contribution in [0.3, 0.4) is 0 Å².